The van der Waals surface area contributed by atoms with E-state index >= 15 is 0 Å². The van der Waals surface area contributed by atoms with Crippen molar-refractivity contribution in [2.24, 2.45) is 0 Å². The molecular formula is C21H24N4O3. The van der Waals surface area contributed by atoms with Gasteiger partial charge in [-0.1, -0.05) is 25.1 Å². The molecule has 28 heavy (non-hydrogen) atoms. The maximum Gasteiger partial charge on any atom is 0.257 e. The Hall–Kier alpha value is -3.22. The van der Waals surface area contributed by atoms with Crippen molar-refractivity contribution in [1.82, 2.24) is 14.8 Å². The number of para-hydroxylation sites is 1. The molecule has 1 aliphatic rings. The molecule has 7 heteroatoms. The van der Waals surface area contributed by atoms with E-state index in [2.05, 4.69) is 10.3 Å². The number of hydrogen-bond acceptors (Lipinski definition) is 4. The SMILES string of the molecule is CCc1ccccc1NC(=O)c1cncc(C(=O)N2CCN(C(C)=O)CC2)c1. The lowest BCUT2D eigenvalue weighted by Gasteiger charge is -2.34. The summed E-state index contributed by atoms with van der Waals surface area (Å²) in [6.07, 6.45) is 3.73. The third-order valence-electron chi connectivity index (χ3n) is 4.91. The van der Waals surface area contributed by atoms with Gasteiger partial charge in [0.1, 0.15) is 0 Å². The molecule has 0 saturated carbocycles. The highest BCUT2D eigenvalue weighted by Crippen LogP contribution is 2.17. The second kappa shape index (κ2) is 8.65. The van der Waals surface area contributed by atoms with Gasteiger partial charge in [-0.2, -0.15) is 0 Å². The highest BCUT2D eigenvalue weighted by atomic mass is 16.2. The first kappa shape index (κ1) is 19.5. The number of carbonyl (C=O) groups excluding carboxylic acids is 3. The van der Waals surface area contributed by atoms with E-state index in [0.29, 0.717) is 37.3 Å². The Morgan fingerprint density at radius 3 is 2.32 bits per heavy atom. The van der Waals surface area contributed by atoms with Gasteiger partial charge in [0.05, 0.1) is 11.1 Å². The van der Waals surface area contributed by atoms with E-state index in [1.165, 1.54) is 19.3 Å². The number of aryl methyl sites for hydroxylation is 1. The largest absolute Gasteiger partial charge is 0.339 e. The molecule has 146 valence electrons. The molecule has 0 aliphatic carbocycles. The smallest absolute Gasteiger partial charge is 0.257 e. The zero-order valence-electron chi connectivity index (χ0n) is 16.1. The second-order valence-electron chi connectivity index (χ2n) is 6.73. The zero-order chi connectivity index (χ0) is 20.1. The molecule has 2 aromatic rings. The van der Waals surface area contributed by atoms with Crippen LogP contribution in [0.25, 0.3) is 0 Å². The molecule has 1 fully saturated rings. The summed E-state index contributed by atoms with van der Waals surface area (Å²) in [5.74, 6) is -0.469. The van der Waals surface area contributed by atoms with Gasteiger partial charge in [0.2, 0.25) is 5.91 Å². The van der Waals surface area contributed by atoms with Gasteiger partial charge >= 0.3 is 0 Å². The number of rotatable bonds is 4. The molecule has 0 bridgehead atoms. The summed E-state index contributed by atoms with van der Waals surface area (Å²) in [4.78, 5) is 44.3. The lowest BCUT2D eigenvalue weighted by molar-refractivity contribution is -0.130. The average molecular weight is 380 g/mol. The van der Waals surface area contributed by atoms with E-state index in [9.17, 15) is 14.4 Å². The standard InChI is InChI=1S/C21H24N4O3/c1-3-16-6-4-5-7-19(16)23-20(27)17-12-18(14-22-13-17)21(28)25-10-8-24(9-11-25)15(2)26/h4-7,12-14H,3,8-11H2,1-2H3,(H,23,27). The summed E-state index contributed by atoms with van der Waals surface area (Å²) in [6.45, 7) is 5.53. The van der Waals surface area contributed by atoms with Crippen molar-refractivity contribution >= 4 is 23.4 Å². The van der Waals surface area contributed by atoms with Crippen molar-refractivity contribution in [1.29, 1.82) is 0 Å². The fourth-order valence-electron chi connectivity index (χ4n) is 3.23. The van der Waals surface area contributed by atoms with Gasteiger partial charge in [-0.15, -0.1) is 0 Å². The van der Waals surface area contributed by atoms with Crippen molar-refractivity contribution in [2.75, 3.05) is 31.5 Å². The van der Waals surface area contributed by atoms with E-state index in [1.807, 2.05) is 31.2 Å². The van der Waals surface area contributed by atoms with Crippen molar-refractivity contribution in [3.8, 4) is 0 Å². The summed E-state index contributed by atoms with van der Waals surface area (Å²) in [5.41, 5.74) is 2.50. The summed E-state index contributed by atoms with van der Waals surface area (Å²) >= 11 is 0. The maximum atomic E-state index is 12.8. The van der Waals surface area contributed by atoms with E-state index < -0.39 is 0 Å². The number of carbonyl (C=O) groups is 3. The number of amides is 3. The van der Waals surface area contributed by atoms with Gasteiger partial charge in [-0.25, -0.2) is 0 Å². The Labute approximate surface area is 164 Å². The normalized spacial score (nSPS) is 13.9. The van der Waals surface area contributed by atoms with Crippen LogP contribution in [0.5, 0.6) is 0 Å². The highest BCUT2D eigenvalue weighted by molar-refractivity contribution is 6.06. The average Bonchev–Trinajstić information content (AvgIpc) is 2.73. The number of aromatic nitrogens is 1. The fraction of sp³-hybridized carbons (Fsp3) is 0.333. The van der Waals surface area contributed by atoms with Gasteiger partial charge in [-0.3, -0.25) is 19.4 Å². The Balaban J connectivity index is 1.70. The van der Waals surface area contributed by atoms with Gasteiger partial charge in [0.15, 0.2) is 0 Å². The van der Waals surface area contributed by atoms with Crippen LogP contribution in [0.4, 0.5) is 5.69 Å². The topological polar surface area (TPSA) is 82.6 Å². The monoisotopic (exact) mass is 380 g/mol. The molecule has 1 aromatic carbocycles. The van der Waals surface area contributed by atoms with E-state index in [1.54, 1.807) is 15.9 Å². The second-order valence-corrected chi connectivity index (χ2v) is 6.73. The predicted octanol–water partition coefficient (Wildman–Crippen LogP) is 2.20. The van der Waals surface area contributed by atoms with Crippen LogP contribution in [0, 0.1) is 0 Å². The van der Waals surface area contributed by atoms with Crippen molar-refractivity contribution in [3.05, 3.63) is 59.4 Å². The molecule has 0 spiro atoms. The van der Waals surface area contributed by atoms with Crippen molar-refractivity contribution in [3.63, 3.8) is 0 Å². The summed E-state index contributed by atoms with van der Waals surface area (Å²) in [7, 11) is 0. The van der Waals surface area contributed by atoms with Crippen molar-refractivity contribution < 1.29 is 14.4 Å². The number of hydrogen-bond donors (Lipinski definition) is 1. The molecular weight excluding hydrogens is 356 g/mol. The van der Waals surface area contributed by atoms with Crippen LogP contribution < -0.4 is 5.32 Å². The van der Waals surface area contributed by atoms with Gasteiger partial charge in [0.25, 0.3) is 11.8 Å². The summed E-state index contributed by atoms with van der Waals surface area (Å²) in [5, 5.41) is 2.89. The molecule has 1 aromatic heterocycles. The van der Waals surface area contributed by atoms with E-state index in [-0.39, 0.29) is 17.7 Å². The molecule has 3 amide bonds. The number of nitrogens with one attached hydrogen (secondary N) is 1. The van der Waals surface area contributed by atoms with Gasteiger partial charge < -0.3 is 15.1 Å². The van der Waals surface area contributed by atoms with Crippen molar-refractivity contribution in [2.45, 2.75) is 20.3 Å². The Kier molecular flexibility index (Phi) is 6.03. The predicted molar refractivity (Wildman–Crippen MR) is 106 cm³/mol. The number of pyridine rings is 1. The first-order chi connectivity index (χ1) is 13.5. The van der Waals surface area contributed by atoms with E-state index in [4.69, 9.17) is 0 Å². The molecule has 0 atom stereocenters. The molecule has 1 saturated heterocycles. The first-order valence-corrected chi connectivity index (χ1v) is 9.38. The summed E-state index contributed by atoms with van der Waals surface area (Å²) < 4.78 is 0. The molecule has 3 rings (SSSR count). The third-order valence-corrected chi connectivity index (χ3v) is 4.91. The fourth-order valence-corrected chi connectivity index (χ4v) is 3.23. The number of benzene rings is 1. The summed E-state index contributed by atoms with van der Waals surface area (Å²) in [6, 6.07) is 9.19. The first-order valence-electron chi connectivity index (χ1n) is 9.38. The number of piperazine rings is 1. The quantitative estimate of drug-likeness (QED) is 0.882. The number of anilines is 1. The molecule has 1 N–H and O–H groups in total. The third kappa shape index (κ3) is 4.36. The molecule has 0 radical (unpaired) electrons. The lowest BCUT2D eigenvalue weighted by Crippen LogP contribution is -2.50. The van der Waals surface area contributed by atoms with Gasteiger partial charge in [0, 0.05) is 51.2 Å². The lowest BCUT2D eigenvalue weighted by atomic mass is 10.1. The molecule has 2 heterocycles. The van der Waals surface area contributed by atoms with Crippen LogP contribution >= 0.6 is 0 Å². The molecule has 1 aliphatic heterocycles. The molecule has 0 unspecified atom stereocenters. The van der Waals surface area contributed by atoms with E-state index in [0.717, 1.165) is 17.7 Å². The zero-order valence-corrected chi connectivity index (χ0v) is 16.1. The Bertz CT molecular complexity index is 889. The highest BCUT2D eigenvalue weighted by Gasteiger charge is 2.24. The van der Waals surface area contributed by atoms with Crippen LogP contribution in [-0.4, -0.2) is 58.7 Å². The minimum atomic E-state index is -0.301. The van der Waals surface area contributed by atoms with Crippen LogP contribution in [0.1, 0.15) is 40.1 Å². The van der Waals surface area contributed by atoms with Gasteiger partial charge in [-0.05, 0) is 24.1 Å². The van der Waals surface area contributed by atoms with Crippen LogP contribution in [-0.2, 0) is 11.2 Å². The Morgan fingerprint density at radius 2 is 1.64 bits per heavy atom. The maximum absolute atomic E-state index is 12.8. The minimum Gasteiger partial charge on any atom is -0.339 e. The number of nitrogens with zero attached hydrogens (tertiary/aromatic N) is 3. The minimum absolute atomic E-state index is 0.0137. The van der Waals surface area contributed by atoms with Crippen LogP contribution in [0.3, 0.4) is 0 Å². The van der Waals surface area contributed by atoms with Crippen LogP contribution in [0.2, 0.25) is 0 Å². The molecule has 7 nitrogen and oxygen atoms in total. The van der Waals surface area contributed by atoms with Crippen LogP contribution in [0.15, 0.2) is 42.7 Å². The Morgan fingerprint density at radius 1 is 1.00 bits per heavy atom.